The fourth-order valence-corrected chi connectivity index (χ4v) is 7.88. The maximum absolute atomic E-state index is 13.1. The Bertz CT molecular complexity index is 945. The van der Waals surface area contributed by atoms with Crippen LogP contribution in [0.5, 0.6) is 0 Å². The molecule has 0 aliphatic carbocycles. The molecule has 5 nitrogen and oxygen atoms in total. The number of sulfone groups is 1. The van der Waals surface area contributed by atoms with Gasteiger partial charge in [0.15, 0.2) is 9.84 Å². The number of carboxylic acids is 1. The van der Waals surface area contributed by atoms with Crippen LogP contribution in [0.2, 0.25) is 5.02 Å². The molecule has 0 aliphatic rings. The summed E-state index contributed by atoms with van der Waals surface area (Å²) in [7, 11) is -3.62. The number of benzene rings is 1. The number of carbonyl (C=O) groups is 1. The number of thioether (sulfide) groups is 1. The third-order valence-electron chi connectivity index (χ3n) is 5.14. The van der Waals surface area contributed by atoms with Crippen molar-refractivity contribution in [3.05, 3.63) is 51.2 Å². The largest absolute Gasteiger partial charge is 0.477 e. The summed E-state index contributed by atoms with van der Waals surface area (Å²) in [5.74, 6) is -0.701. The zero-order chi connectivity index (χ0) is 21.7. The smallest absolute Gasteiger partial charge is 0.346 e. The second-order valence-electron chi connectivity index (χ2n) is 7.02. The molecule has 0 bridgehead atoms. The maximum Gasteiger partial charge on any atom is 0.346 e. The van der Waals surface area contributed by atoms with E-state index >= 15 is 0 Å². The summed E-state index contributed by atoms with van der Waals surface area (Å²) in [5, 5.41) is 11.9. The van der Waals surface area contributed by atoms with Crippen molar-refractivity contribution in [2.45, 2.75) is 35.8 Å². The lowest BCUT2D eigenvalue weighted by Crippen LogP contribution is -2.43. The van der Waals surface area contributed by atoms with Crippen molar-refractivity contribution < 1.29 is 18.3 Å². The van der Waals surface area contributed by atoms with Crippen LogP contribution in [0.4, 0.5) is 0 Å². The molecule has 2 rings (SSSR count). The van der Waals surface area contributed by atoms with Crippen LogP contribution in [0.3, 0.4) is 0 Å². The van der Waals surface area contributed by atoms with Gasteiger partial charge in [-0.05, 0) is 72.7 Å². The molecule has 0 saturated carbocycles. The van der Waals surface area contributed by atoms with Gasteiger partial charge in [-0.3, -0.25) is 0 Å². The van der Waals surface area contributed by atoms with E-state index in [1.807, 2.05) is 25.1 Å². The van der Waals surface area contributed by atoms with Gasteiger partial charge in [0.1, 0.15) is 9.62 Å². The van der Waals surface area contributed by atoms with Crippen LogP contribution < -0.4 is 5.73 Å². The van der Waals surface area contributed by atoms with E-state index < -0.39 is 20.6 Å². The summed E-state index contributed by atoms with van der Waals surface area (Å²) in [6.07, 6.45) is 2.59. The lowest BCUT2D eigenvalue weighted by atomic mass is 9.81. The van der Waals surface area contributed by atoms with Crippen LogP contribution in [0.15, 0.2) is 40.6 Å². The molecule has 1 heterocycles. The third-order valence-corrected chi connectivity index (χ3v) is 9.46. The number of hydrogen-bond donors (Lipinski definition) is 2. The zero-order valence-corrected chi connectivity index (χ0v) is 19.6. The Hall–Kier alpha value is -1.06. The van der Waals surface area contributed by atoms with Crippen LogP contribution in [-0.4, -0.2) is 38.0 Å². The van der Waals surface area contributed by atoms with Crippen molar-refractivity contribution >= 4 is 50.5 Å². The van der Waals surface area contributed by atoms with Crippen molar-refractivity contribution in [1.82, 2.24) is 0 Å². The fraction of sp³-hybridized carbons (Fsp3) is 0.450. The predicted molar refractivity (Wildman–Crippen MR) is 122 cm³/mol. The summed E-state index contributed by atoms with van der Waals surface area (Å²) in [5.41, 5.74) is 6.08. The molecule has 2 aromatic rings. The van der Waals surface area contributed by atoms with Crippen molar-refractivity contribution in [1.29, 1.82) is 0 Å². The minimum Gasteiger partial charge on any atom is -0.477 e. The first-order valence-electron chi connectivity index (χ1n) is 9.22. The van der Waals surface area contributed by atoms with Crippen LogP contribution in [0.25, 0.3) is 0 Å². The minimum atomic E-state index is -3.62. The minimum absolute atomic E-state index is 0.0850. The van der Waals surface area contributed by atoms with Gasteiger partial charge in [-0.2, -0.15) is 0 Å². The van der Waals surface area contributed by atoms with E-state index in [1.165, 1.54) is 6.26 Å². The first-order valence-corrected chi connectivity index (χ1v) is 13.4. The van der Waals surface area contributed by atoms with Crippen molar-refractivity contribution in [3.8, 4) is 0 Å². The summed E-state index contributed by atoms with van der Waals surface area (Å²) in [6.45, 7) is 2.23. The highest BCUT2D eigenvalue weighted by Gasteiger charge is 2.48. The lowest BCUT2D eigenvalue weighted by Gasteiger charge is -2.38. The highest BCUT2D eigenvalue weighted by molar-refractivity contribution is 7.99. The van der Waals surface area contributed by atoms with Crippen molar-refractivity contribution in [2.75, 3.05) is 18.6 Å². The molecule has 3 N–H and O–H groups in total. The Morgan fingerprint density at radius 1 is 1.38 bits per heavy atom. The highest BCUT2D eigenvalue weighted by atomic mass is 35.5. The number of rotatable bonds is 11. The van der Waals surface area contributed by atoms with Gasteiger partial charge < -0.3 is 10.8 Å². The van der Waals surface area contributed by atoms with E-state index in [4.69, 9.17) is 17.3 Å². The molecular formula is C20H26ClNO4S3. The molecule has 1 aromatic carbocycles. The molecule has 29 heavy (non-hydrogen) atoms. The van der Waals surface area contributed by atoms with Gasteiger partial charge >= 0.3 is 5.97 Å². The van der Waals surface area contributed by atoms with E-state index in [-0.39, 0.29) is 10.8 Å². The molecule has 160 valence electrons. The molecule has 0 fully saturated rings. The van der Waals surface area contributed by atoms with Gasteiger partial charge in [0.05, 0.1) is 0 Å². The van der Waals surface area contributed by atoms with Gasteiger partial charge in [-0.1, -0.05) is 24.6 Å². The first-order chi connectivity index (χ1) is 13.6. The Morgan fingerprint density at radius 2 is 2.10 bits per heavy atom. The molecule has 0 spiro atoms. The maximum atomic E-state index is 13.1. The average molecular weight is 476 g/mol. The van der Waals surface area contributed by atoms with Crippen LogP contribution in [-0.2, 0) is 14.6 Å². The molecule has 2 atom stereocenters. The number of thiophene rings is 1. The second-order valence-corrected chi connectivity index (χ2v) is 11.8. The third kappa shape index (κ3) is 5.55. The zero-order valence-electron chi connectivity index (χ0n) is 16.4. The summed E-state index contributed by atoms with van der Waals surface area (Å²) in [4.78, 5) is 12.9. The Morgan fingerprint density at radius 3 is 2.69 bits per heavy atom. The Balaban J connectivity index is 2.37. The quantitative estimate of drug-likeness (QED) is 0.448. The molecular weight excluding hydrogens is 450 g/mol. The van der Waals surface area contributed by atoms with Gasteiger partial charge in [0.2, 0.25) is 0 Å². The molecule has 2 unspecified atom stereocenters. The monoisotopic (exact) mass is 475 g/mol. The summed E-state index contributed by atoms with van der Waals surface area (Å²) in [6, 6.07) is 9.16. The van der Waals surface area contributed by atoms with Crippen molar-refractivity contribution in [3.63, 3.8) is 0 Å². The SMILES string of the molecule is CC(CCSc1cccc(Cl)c1)C(CCCN)(c1ccsc1C(=O)O)S(C)(=O)=O. The Kier molecular flexibility index (Phi) is 8.60. The van der Waals surface area contributed by atoms with Gasteiger partial charge in [-0.15, -0.1) is 23.1 Å². The van der Waals surface area contributed by atoms with E-state index in [0.717, 1.165) is 16.2 Å². The second kappa shape index (κ2) is 10.3. The predicted octanol–water partition coefficient (Wildman–Crippen LogP) is 4.90. The van der Waals surface area contributed by atoms with E-state index in [2.05, 4.69) is 0 Å². The van der Waals surface area contributed by atoms with E-state index in [1.54, 1.807) is 29.3 Å². The number of hydrogen-bond acceptors (Lipinski definition) is 6. The molecule has 0 amide bonds. The molecule has 1 aromatic heterocycles. The van der Waals surface area contributed by atoms with Gasteiger partial charge in [0, 0.05) is 16.2 Å². The summed E-state index contributed by atoms with van der Waals surface area (Å²) >= 11 is 8.69. The highest BCUT2D eigenvalue weighted by Crippen LogP contribution is 2.46. The molecule has 0 aliphatic heterocycles. The average Bonchev–Trinajstić information content (AvgIpc) is 3.11. The standard InChI is InChI=1S/C20H26ClNO4S3/c1-14(7-11-27-16-6-3-5-15(21)13-16)20(9-4-10-22,29(2,25)26)17-8-12-28-18(17)19(23)24/h3,5-6,8,12-14H,4,7,9-11,22H2,1-2H3,(H,23,24). The number of halogens is 1. The van der Waals surface area contributed by atoms with E-state index in [0.29, 0.717) is 42.1 Å². The first kappa shape index (κ1) is 24.2. The normalized spacial score (nSPS) is 15.0. The van der Waals surface area contributed by atoms with Crippen LogP contribution >= 0.6 is 34.7 Å². The van der Waals surface area contributed by atoms with Crippen molar-refractivity contribution in [2.24, 2.45) is 11.7 Å². The lowest BCUT2D eigenvalue weighted by molar-refractivity contribution is 0.0699. The van der Waals surface area contributed by atoms with Crippen LogP contribution in [0, 0.1) is 5.92 Å². The fourth-order valence-electron chi connectivity index (χ4n) is 3.71. The molecule has 0 saturated heterocycles. The number of carboxylic acid groups (broad SMARTS) is 1. The van der Waals surface area contributed by atoms with Gasteiger partial charge in [0.25, 0.3) is 0 Å². The number of nitrogens with two attached hydrogens (primary N) is 1. The number of aromatic carboxylic acids is 1. The van der Waals surface area contributed by atoms with E-state index in [9.17, 15) is 18.3 Å². The van der Waals surface area contributed by atoms with Crippen LogP contribution in [0.1, 0.15) is 41.4 Å². The molecule has 0 radical (unpaired) electrons. The topological polar surface area (TPSA) is 97.5 Å². The van der Waals surface area contributed by atoms with Gasteiger partial charge in [-0.25, -0.2) is 13.2 Å². The summed E-state index contributed by atoms with van der Waals surface area (Å²) < 4.78 is 24.9. The Labute approximate surface area is 185 Å². The molecule has 9 heteroatoms.